The van der Waals surface area contributed by atoms with Crippen molar-refractivity contribution in [3.63, 3.8) is 0 Å². The van der Waals surface area contributed by atoms with Crippen molar-refractivity contribution in [1.29, 1.82) is 0 Å². The molecule has 1 N–H and O–H groups in total. The second-order valence-corrected chi connectivity index (χ2v) is 4.08. The molecule has 0 aliphatic rings. The van der Waals surface area contributed by atoms with Crippen molar-refractivity contribution in [1.82, 2.24) is 9.97 Å². The van der Waals surface area contributed by atoms with Gasteiger partial charge < -0.3 is 4.74 Å². The van der Waals surface area contributed by atoms with Gasteiger partial charge in [-0.25, -0.2) is 9.97 Å². The minimum Gasteiger partial charge on any atom is -0.377 e. The van der Waals surface area contributed by atoms with Gasteiger partial charge in [0.1, 0.15) is 12.4 Å². The lowest BCUT2D eigenvalue weighted by molar-refractivity contribution is 0.177. The molecule has 14 heavy (non-hydrogen) atoms. The highest BCUT2D eigenvalue weighted by atomic mass is 32.2. The van der Waals surface area contributed by atoms with E-state index >= 15 is 0 Å². The van der Waals surface area contributed by atoms with E-state index in [2.05, 4.69) is 9.97 Å². The molecule has 1 aromatic rings. The number of hydrogen-bond donors (Lipinski definition) is 1. The highest BCUT2D eigenvalue weighted by Crippen LogP contribution is 2.01. The largest absolute Gasteiger partial charge is 0.377 e. The topological polar surface area (TPSA) is 89.4 Å². The highest BCUT2D eigenvalue weighted by Gasteiger charge is 2.08. The molecule has 1 aromatic heterocycles. The summed E-state index contributed by atoms with van der Waals surface area (Å²) in [5, 5.41) is 0. The summed E-state index contributed by atoms with van der Waals surface area (Å²) < 4.78 is 34.4. The Bertz CT molecular complexity index is 404. The van der Waals surface area contributed by atoms with Crippen LogP contribution in [-0.4, -0.2) is 30.0 Å². The van der Waals surface area contributed by atoms with E-state index in [1.165, 1.54) is 19.4 Å². The number of rotatable bonds is 4. The Morgan fingerprint density at radius 1 is 1.57 bits per heavy atom. The predicted octanol–water partition coefficient (Wildman–Crippen LogP) is 0.0108. The number of hydrogen-bond acceptors (Lipinski definition) is 5. The number of nitrogens with zero attached hydrogens (tertiary/aromatic N) is 2. The zero-order chi connectivity index (χ0) is 10.6. The van der Waals surface area contributed by atoms with Crippen LogP contribution in [0.4, 0.5) is 0 Å². The number of aromatic nitrogens is 2. The standard InChI is InChI=1S/C7H10N2O4S/c1-13-4-7-8-3-2-6(9-7)5-14(10,11)12/h2-3H,4-5H2,1H3,(H,10,11,12). The molecule has 0 aliphatic carbocycles. The van der Waals surface area contributed by atoms with Crippen LogP contribution < -0.4 is 0 Å². The maximum atomic E-state index is 10.5. The average molecular weight is 218 g/mol. The van der Waals surface area contributed by atoms with E-state index in [-0.39, 0.29) is 12.3 Å². The van der Waals surface area contributed by atoms with Gasteiger partial charge in [0.05, 0.1) is 5.69 Å². The lowest BCUT2D eigenvalue weighted by atomic mass is 10.4. The predicted molar refractivity (Wildman–Crippen MR) is 48.0 cm³/mol. The van der Waals surface area contributed by atoms with E-state index in [1.54, 1.807) is 0 Å². The van der Waals surface area contributed by atoms with Crippen molar-refractivity contribution in [3.05, 3.63) is 23.8 Å². The molecule has 0 saturated heterocycles. The summed E-state index contributed by atoms with van der Waals surface area (Å²) in [5.74, 6) is -0.125. The molecule has 0 spiro atoms. The van der Waals surface area contributed by atoms with Crippen LogP contribution in [0, 0.1) is 0 Å². The van der Waals surface area contributed by atoms with Gasteiger partial charge in [0.2, 0.25) is 0 Å². The van der Waals surface area contributed by atoms with Crippen molar-refractivity contribution >= 4 is 10.1 Å². The summed E-state index contributed by atoms with van der Waals surface area (Å²) >= 11 is 0. The molecule has 0 aromatic carbocycles. The first-order chi connectivity index (χ1) is 6.51. The Hall–Kier alpha value is -1.05. The molecule has 1 rings (SSSR count). The third-order valence-electron chi connectivity index (χ3n) is 1.37. The molecule has 78 valence electrons. The lowest BCUT2D eigenvalue weighted by Crippen LogP contribution is -2.06. The average Bonchev–Trinajstić information content (AvgIpc) is 2.02. The third kappa shape index (κ3) is 3.77. The first kappa shape index (κ1) is 11.0. The van der Waals surface area contributed by atoms with Gasteiger partial charge in [0.25, 0.3) is 10.1 Å². The summed E-state index contributed by atoms with van der Waals surface area (Å²) in [6, 6.07) is 1.42. The molecule has 0 saturated carbocycles. The summed E-state index contributed by atoms with van der Waals surface area (Å²) in [6.07, 6.45) is 1.42. The summed E-state index contributed by atoms with van der Waals surface area (Å²) in [7, 11) is -2.56. The molecule has 0 fully saturated rings. The fourth-order valence-corrected chi connectivity index (χ4v) is 1.44. The van der Waals surface area contributed by atoms with Gasteiger partial charge in [-0.05, 0) is 6.07 Å². The van der Waals surface area contributed by atoms with E-state index in [0.29, 0.717) is 5.82 Å². The second kappa shape index (κ2) is 4.45. The minimum absolute atomic E-state index is 0.208. The first-order valence-electron chi connectivity index (χ1n) is 3.76. The van der Waals surface area contributed by atoms with Crippen LogP contribution >= 0.6 is 0 Å². The van der Waals surface area contributed by atoms with Crippen LogP contribution in [0.1, 0.15) is 11.5 Å². The fraction of sp³-hybridized carbons (Fsp3) is 0.429. The van der Waals surface area contributed by atoms with E-state index in [0.717, 1.165) is 0 Å². The monoisotopic (exact) mass is 218 g/mol. The van der Waals surface area contributed by atoms with Gasteiger partial charge >= 0.3 is 0 Å². The van der Waals surface area contributed by atoms with E-state index < -0.39 is 15.9 Å². The molecule has 0 bridgehead atoms. The number of ether oxygens (including phenoxy) is 1. The second-order valence-electron chi connectivity index (χ2n) is 2.62. The van der Waals surface area contributed by atoms with Crippen LogP contribution in [0.5, 0.6) is 0 Å². The molecule has 6 nitrogen and oxygen atoms in total. The fourth-order valence-electron chi connectivity index (χ4n) is 0.907. The minimum atomic E-state index is -4.04. The summed E-state index contributed by atoms with van der Waals surface area (Å²) in [4.78, 5) is 7.72. The van der Waals surface area contributed by atoms with Crippen molar-refractivity contribution in [2.75, 3.05) is 7.11 Å². The van der Waals surface area contributed by atoms with E-state index in [4.69, 9.17) is 9.29 Å². The van der Waals surface area contributed by atoms with Gasteiger partial charge in [0.15, 0.2) is 5.82 Å². The maximum Gasteiger partial charge on any atom is 0.270 e. The normalized spacial score (nSPS) is 11.6. The Balaban J connectivity index is 2.83. The molecule has 1 heterocycles. The van der Waals surface area contributed by atoms with Crippen LogP contribution in [0.2, 0.25) is 0 Å². The maximum absolute atomic E-state index is 10.5. The first-order valence-corrected chi connectivity index (χ1v) is 5.37. The summed E-state index contributed by atoms with van der Waals surface area (Å²) in [5.41, 5.74) is 0.245. The highest BCUT2D eigenvalue weighted by molar-refractivity contribution is 7.84. The zero-order valence-corrected chi connectivity index (χ0v) is 8.36. The van der Waals surface area contributed by atoms with Crippen molar-refractivity contribution in [2.45, 2.75) is 12.4 Å². The van der Waals surface area contributed by atoms with Gasteiger partial charge in [-0.1, -0.05) is 0 Å². The zero-order valence-electron chi connectivity index (χ0n) is 7.54. The summed E-state index contributed by atoms with van der Waals surface area (Å²) in [6.45, 7) is 0.208. The molecular formula is C7H10N2O4S. The Labute approximate surface area is 81.7 Å². The smallest absolute Gasteiger partial charge is 0.270 e. The molecule has 0 aliphatic heterocycles. The van der Waals surface area contributed by atoms with E-state index in [1.807, 2.05) is 0 Å². The van der Waals surface area contributed by atoms with Crippen molar-refractivity contribution in [3.8, 4) is 0 Å². The number of methoxy groups -OCH3 is 1. The van der Waals surface area contributed by atoms with Gasteiger partial charge in [-0.3, -0.25) is 4.55 Å². The Morgan fingerprint density at radius 3 is 2.86 bits per heavy atom. The Morgan fingerprint density at radius 2 is 2.29 bits per heavy atom. The van der Waals surface area contributed by atoms with Crippen LogP contribution in [0.15, 0.2) is 12.3 Å². The molecular weight excluding hydrogens is 208 g/mol. The Kier molecular flexibility index (Phi) is 3.50. The van der Waals surface area contributed by atoms with Crippen LogP contribution in [-0.2, 0) is 27.2 Å². The van der Waals surface area contributed by atoms with Crippen molar-refractivity contribution < 1.29 is 17.7 Å². The SMILES string of the molecule is COCc1nccc(CS(=O)(=O)O)n1. The quantitative estimate of drug-likeness (QED) is 0.716. The van der Waals surface area contributed by atoms with Crippen LogP contribution in [0.3, 0.4) is 0 Å². The molecule has 7 heteroatoms. The molecule has 0 amide bonds. The van der Waals surface area contributed by atoms with Crippen molar-refractivity contribution in [2.24, 2.45) is 0 Å². The lowest BCUT2D eigenvalue weighted by Gasteiger charge is -2.00. The molecule has 0 radical (unpaired) electrons. The van der Waals surface area contributed by atoms with E-state index in [9.17, 15) is 8.42 Å². The van der Waals surface area contributed by atoms with Crippen LogP contribution in [0.25, 0.3) is 0 Å². The molecule has 0 unspecified atom stereocenters. The third-order valence-corrected chi connectivity index (χ3v) is 2.03. The van der Waals surface area contributed by atoms with Gasteiger partial charge in [-0.2, -0.15) is 8.42 Å². The molecule has 0 atom stereocenters. The van der Waals surface area contributed by atoms with Gasteiger partial charge in [-0.15, -0.1) is 0 Å². The van der Waals surface area contributed by atoms with Gasteiger partial charge in [0, 0.05) is 13.3 Å².